The number of rotatable bonds is 5. The van der Waals surface area contributed by atoms with Gasteiger partial charge >= 0.3 is 0 Å². The van der Waals surface area contributed by atoms with Crippen LogP contribution in [0.1, 0.15) is 26.7 Å². The summed E-state index contributed by atoms with van der Waals surface area (Å²) in [6, 6.07) is 0. The number of aromatic nitrogens is 4. The maximum atomic E-state index is 5.78. The zero-order valence-corrected chi connectivity index (χ0v) is 12.6. The fourth-order valence-electron chi connectivity index (χ4n) is 2.80. The summed E-state index contributed by atoms with van der Waals surface area (Å²) >= 11 is 0. The highest BCUT2D eigenvalue weighted by atomic mass is 16.5. The first-order valence-electron chi connectivity index (χ1n) is 7.63. The minimum absolute atomic E-state index is 0.281. The number of anilines is 2. The van der Waals surface area contributed by atoms with Crippen LogP contribution < -0.4 is 10.2 Å². The molecular formula is C14H22N6O. The predicted octanol–water partition coefficient (Wildman–Crippen LogP) is 1.79. The normalized spacial score (nSPS) is 19.1. The standard InChI is InChI=1S/C14H22N6O/c1-3-15-14-17-12-11(8-16-19-12)13(18-14)20-7-5-6-10(9-20)21-4-2/h8,10H,3-7,9H2,1-2H3,(H2,15,16,17,18,19). The first-order chi connectivity index (χ1) is 10.3. The van der Waals surface area contributed by atoms with Crippen LogP contribution in [-0.2, 0) is 4.74 Å². The molecule has 0 aromatic carbocycles. The van der Waals surface area contributed by atoms with E-state index in [9.17, 15) is 0 Å². The van der Waals surface area contributed by atoms with Crippen molar-refractivity contribution >= 4 is 22.8 Å². The molecule has 1 atom stereocenters. The summed E-state index contributed by atoms with van der Waals surface area (Å²) in [5, 5.41) is 11.2. The second-order valence-electron chi connectivity index (χ2n) is 5.20. The van der Waals surface area contributed by atoms with E-state index in [0.29, 0.717) is 5.95 Å². The summed E-state index contributed by atoms with van der Waals surface area (Å²) in [6.07, 6.45) is 4.31. The summed E-state index contributed by atoms with van der Waals surface area (Å²) in [5.74, 6) is 1.58. The second-order valence-corrected chi connectivity index (χ2v) is 5.20. The van der Waals surface area contributed by atoms with Crippen molar-refractivity contribution in [2.75, 3.05) is 36.5 Å². The lowest BCUT2D eigenvalue weighted by Gasteiger charge is -2.33. The smallest absolute Gasteiger partial charge is 0.226 e. The van der Waals surface area contributed by atoms with E-state index in [1.165, 1.54) is 0 Å². The van der Waals surface area contributed by atoms with E-state index in [1.807, 2.05) is 13.8 Å². The topological polar surface area (TPSA) is 79.0 Å². The highest BCUT2D eigenvalue weighted by molar-refractivity contribution is 5.87. The lowest BCUT2D eigenvalue weighted by Crippen LogP contribution is -2.40. The molecule has 3 rings (SSSR count). The van der Waals surface area contributed by atoms with Gasteiger partial charge in [-0.1, -0.05) is 0 Å². The third kappa shape index (κ3) is 2.92. The SMILES string of the molecule is CCNc1nc(N2CCCC(OCC)C2)c2cn[nH]c2n1. The van der Waals surface area contributed by atoms with Gasteiger partial charge in [-0.15, -0.1) is 0 Å². The van der Waals surface area contributed by atoms with Crippen molar-refractivity contribution in [1.29, 1.82) is 0 Å². The van der Waals surface area contributed by atoms with Gasteiger partial charge in [0.1, 0.15) is 5.82 Å². The molecule has 0 radical (unpaired) electrons. The van der Waals surface area contributed by atoms with Crippen LogP contribution in [0.2, 0.25) is 0 Å². The number of hydrogen-bond acceptors (Lipinski definition) is 6. The summed E-state index contributed by atoms with van der Waals surface area (Å²) < 4.78 is 5.78. The van der Waals surface area contributed by atoms with Crippen molar-refractivity contribution in [3.63, 3.8) is 0 Å². The van der Waals surface area contributed by atoms with Crippen LogP contribution in [0.3, 0.4) is 0 Å². The van der Waals surface area contributed by atoms with E-state index in [1.54, 1.807) is 6.20 Å². The van der Waals surface area contributed by atoms with Gasteiger partial charge in [-0.25, -0.2) is 0 Å². The first-order valence-corrected chi connectivity index (χ1v) is 7.63. The highest BCUT2D eigenvalue weighted by Gasteiger charge is 2.23. The Hall–Kier alpha value is -1.89. The molecule has 1 aliphatic heterocycles. The van der Waals surface area contributed by atoms with Crippen LogP contribution in [0, 0.1) is 0 Å². The average Bonchev–Trinajstić information content (AvgIpc) is 2.96. The molecule has 1 aliphatic rings. The molecule has 7 heteroatoms. The second kappa shape index (κ2) is 6.26. The van der Waals surface area contributed by atoms with Crippen LogP contribution >= 0.6 is 0 Å². The Balaban J connectivity index is 1.92. The molecule has 7 nitrogen and oxygen atoms in total. The Morgan fingerprint density at radius 2 is 2.33 bits per heavy atom. The summed E-state index contributed by atoms with van der Waals surface area (Å²) in [6.45, 7) is 7.49. The summed E-state index contributed by atoms with van der Waals surface area (Å²) in [5.41, 5.74) is 0.773. The fraction of sp³-hybridized carbons (Fsp3) is 0.643. The molecule has 0 spiro atoms. The van der Waals surface area contributed by atoms with Crippen molar-refractivity contribution in [3.05, 3.63) is 6.20 Å². The molecule has 0 amide bonds. The van der Waals surface area contributed by atoms with Gasteiger partial charge < -0.3 is 15.0 Å². The number of ether oxygens (including phenoxy) is 1. The van der Waals surface area contributed by atoms with Gasteiger partial charge in [-0.05, 0) is 26.7 Å². The third-order valence-electron chi connectivity index (χ3n) is 3.70. The molecule has 21 heavy (non-hydrogen) atoms. The average molecular weight is 290 g/mol. The largest absolute Gasteiger partial charge is 0.377 e. The van der Waals surface area contributed by atoms with Crippen LogP contribution in [0.4, 0.5) is 11.8 Å². The number of hydrogen-bond donors (Lipinski definition) is 2. The number of fused-ring (bicyclic) bond motifs is 1. The van der Waals surface area contributed by atoms with Crippen molar-refractivity contribution in [1.82, 2.24) is 20.2 Å². The number of nitrogens with one attached hydrogen (secondary N) is 2. The van der Waals surface area contributed by atoms with Crippen molar-refractivity contribution in [2.24, 2.45) is 0 Å². The first kappa shape index (κ1) is 14.1. The van der Waals surface area contributed by atoms with E-state index >= 15 is 0 Å². The third-order valence-corrected chi connectivity index (χ3v) is 3.70. The van der Waals surface area contributed by atoms with E-state index in [-0.39, 0.29) is 6.10 Å². The van der Waals surface area contributed by atoms with Gasteiger partial charge in [0.15, 0.2) is 5.65 Å². The molecule has 0 aliphatic carbocycles. The predicted molar refractivity (Wildman–Crippen MR) is 82.7 cm³/mol. The maximum absolute atomic E-state index is 5.78. The number of nitrogens with zero attached hydrogens (tertiary/aromatic N) is 4. The van der Waals surface area contributed by atoms with Crippen LogP contribution in [0.15, 0.2) is 6.20 Å². The molecule has 3 heterocycles. The number of piperidine rings is 1. The van der Waals surface area contributed by atoms with Crippen molar-refractivity contribution in [2.45, 2.75) is 32.8 Å². The number of aromatic amines is 1. The molecular weight excluding hydrogens is 268 g/mol. The van der Waals surface area contributed by atoms with E-state index in [4.69, 9.17) is 4.74 Å². The summed E-state index contributed by atoms with van der Waals surface area (Å²) in [7, 11) is 0. The molecule has 1 unspecified atom stereocenters. The lowest BCUT2D eigenvalue weighted by atomic mass is 10.1. The van der Waals surface area contributed by atoms with E-state index in [0.717, 1.165) is 55.9 Å². The van der Waals surface area contributed by atoms with Gasteiger partial charge in [0, 0.05) is 26.2 Å². The highest BCUT2D eigenvalue weighted by Crippen LogP contribution is 2.27. The van der Waals surface area contributed by atoms with Crippen molar-refractivity contribution < 1.29 is 4.74 Å². The zero-order chi connectivity index (χ0) is 14.7. The van der Waals surface area contributed by atoms with Gasteiger partial charge in [0.2, 0.25) is 5.95 Å². The van der Waals surface area contributed by atoms with E-state index < -0.39 is 0 Å². The Morgan fingerprint density at radius 3 is 3.14 bits per heavy atom. The molecule has 2 aromatic rings. The summed E-state index contributed by atoms with van der Waals surface area (Å²) in [4.78, 5) is 11.4. The van der Waals surface area contributed by atoms with Crippen molar-refractivity contribution in [3.8, 4) is 0 Å². The van der Waals surface area contributed by atoms with Gasteiger partial charge in [0.05, 0.1) is 17.7 Å². The number of H-pyrrole nitrogens is 1. The molecule has 2 aromatic heterocycles. The van der Waals surface area contributed by atoms with Crippen LogP contribution in [0.5, 0.6) is 0 Å². The molecule has 1 fully saturated rings. The molecule has 2 N–H and O–H groups in total. The Morgan fingerprint density at radius 1 is 1.43 bits per heavy atom. The monoisotopic (exact) mass is 290 g/mol. The minimum atomic E-state index is 0.281. The van der Waals surface area contributed by atoms with Gasteiger partial charge in [0.25, 0.3) is 0 Å². The maximum Gasteiger partial charge on any atom is 0.226 e. The minimum Gasteiger partial charge on any atom is -0.377 e. The van der Waals surface area contributed by atoms with Crippen LogP contribution in [0.25, 0.3) is 11.0 Å². The Kier molecular flexibility index (Phi) is 4.19. The quantitative estimate of drug-likeness (QED) is 0.874. The van der Waals surface area contributed by atoms with E-state index in [2.05, 4.69) is 30.4 Å². The Labute approximate surface area is 124 Å². The van der Waals surface area contributed by atoms with Gasteiger partial charge in [-0.3, -0.25) is 5.10 Å². The van der Waals surface area contributed by atoms with Gasteiger partial charge in [-0.2, -0.15) is 15.1 Å². The molecule has 0 saturated carbocycles. The molecule has 1 saturated heterocycles. The lowest BCUT2D eigenvalue weighted by molar-refractivity contribution is 0.0526. The van der Waals surface area contributed by atoms with Crippen LogP contribution in [-0.4, -0.2) is 52.5 Å². The fourth-order valence-corrected chi connectivity index (χ4v) is 2.80. The Bertz CT molecular complexity index is 596. The zero-order valence-electron chi connectivity index (χ0n) is 12.6. The molecule has 0 bridgehead atoms. The molecule has 114 valence electrons.